The second-order valence-corrected chi connectivity index (χ2v) is 9.29. The lowest BCUT2D eigenvalue weighted by Crippen LogP contribution is -2.44. The number of rotatable bonds is 9. The number of methoxy groups -OCH3 is 1. The van der Waals surface area contributed by atoms with Crippen molar-refractivity contribution in [2.75, 3.05) is 24.4 Å². The van der Waals surface area contributed by atoms with Crippen LogP contribution in [0.1, 0.15) is 6.42 Å². The molecule has 2 aromatic carbocycles. The summed E-state index contributed by atoms with van der Waals surface area (Å²) >= 11 is 13.4. The third-order valence-electron chi connectivity index (χ3n) is 3.77. The van der Waals surface area contributed by atoms with Crippen LogP contribution in [0.15, 0.2) is 47.4 Å². The number of carbonyl (C=O) groups excluding carboxylic acids is 1. The van der Waals surface area contributed by atoms with E-state index in [1.807, 2.05) is 6.26 Å². The maximum atomic E-state index is 12.7. The van der Waals surface area contributed by atoms with E-state index in [0.29, 0.717) is 33.7 Å². The van der Waals surface area contributed by atoms with Crippen molar-refractivity contribution < 1.29 is 17.9 Å². The Morgan fingerprint density at radius 1 is 1.18 bits per heavy atom. The topological polar surface area (TPSA) is 84.5 Å². The molecule has 0 saturated carbocycles. The average Bonchev–Trinajstić information content (AvgIpc) is 2.65. The van der Waals surface area contributed by atoms with E-state index in [1.165, 1.54) is 49.2 Å². The van der Waals surface area contributed by atoms with Crippen LogP contribution in [0.2, 0.25) is 10.0 Å². The number of nitrogens with one attached hydrogen (secondary N) is 2. The summed E-state index contributed by atoms with van der Waals surface area (Å²) in [4.78, 5) is 12.7. The van der Waals surface area contributed by atoms with Gasteiger partial charge in [-0.25, -0.2) is 8.42 Å². The third kappa shape index (κ3) is 6.28. The molecule has 0 aliphatic heterocycles. The molecule has 0 bridgehead atoms. The molecule has 2 rings (SSSR count). The van der Waals surface area contributed by atoms with Gasteiger partial charge in [-0.05, 0) is 60.9 Å². The molecule has 6 nitrogen and oxygen atoms in total. The van der Waals surface area contributed by atoms with E-state index in [2.05, 4.69) is 10.0 Å². The fraction of sp³-hybridized carbons (Fsp3) is 0.278. The highest BCUT2D eigenvalue weighted by atomic mass is 35.5. The van der Waals surface area contributed by atoms with Crippen LogP contribution in [0, 0.1) is 0 Å². The first-order valence-corrected chi connectivity index (χ1v) is 11.8. The zero-order valence-corrected chi connectivity index (χ0v) is 18.4. The van der Waals surface area contributed by atoms with Gasteiger partial charge in [0.1, 0.15) is 11.8 Å². The SMILES string of the molecule is COc1ccc(NC(=O)C(CCSC)NS(=O)(=O)c2ccc(Cl)cc2)cc1Cl. The number of carbonyl (C=O) groups is 1. The Hall–Kier alpha value is -1.45. The predicted molar refractivity (Wildman–Crippen MR) is 115 cm³/mol. The maximum Gasteiger partial charge on any atom is 0.242 e. The summed E-state index contributed by atoms with van der Waals surface area (Å²) in [7, 11) is -2.40. The minimum absolute atomic E-state index is 0.0337. The van der Waals surface area contributed by atoms with Crippen LogP contribution in [0.4, 0.5) is 5.69 Å². The summed E-state index contributed by atoms with van der Waals surface area (Å²) in [6, 6.07) is 9.56. The van der Waals surface area contributed by atoms with Gasteiger partial charge in [0.15, 0.2) is 0 Å². The van der Waals surface area contributed by atoms with Crippen molar-refractivity contribution in [2.45, 2.75) is 17.4 Å². The smallest absolute Gasteiger partial charge is 0.242 e. The van der Waals surface area contributed by atoms with Crippen LogP contribution in [-0.2, 0) is 14.8 Å². The number of amides is 1. The van der Waals surface area contributed by atoms with Crippen LogP contribution in [0.3, 0.4) is 0 Å². The predicted octanol–water partition coefficient (Wildman–Crippen LogP) is 4.04. The van der Waals surface area contributed by atoms with Crippen LogP contribution < -0.4 is 14.8 Å². The monoisotopic (exact) mass is 462 g/mol. The van der Waals surface area contributed by atoms with Gasteiger partial charge in [0, 0.05) is 10.7 Å². The van der Waals surface area contributed by atoms with Crippen molar-refractivity contribution in [2.24, 2.45) is 0 Å². The second kappa shape index (κ2) is 10.4. The number of sulfonamides is 1. The van der Waals surface area contributed by atoms with Crippen molar-refractivity contribution in [3.63, 3.8) is 0 Å². The summed E-state index contributed by atoms with van der Waals surface area (Å²) in [5, 5.41) is 3.45. The summed E-state index contributed by atoms with van der Waals surface area (Å²) < 4.78 is 32.8. The molecule has 2 aromatic rings. The first-order chi connectivity index (χ1) is 13.3. The highest BCUT2D eigenvalue weighted by molar-refractivity contribution is 7.98. The number of thioether (sulfide) groups is 1. The average molecular weight is 463 g/mol. The van der Waals surface area contributed by atoms with Crippen LogP contribution in [-0.4, -0.2) is 39.5 Å². The molecule has 0 saturated heterocycles. The Bertz CT molecular complexity index is 922. The number of hydrogen-bond donors (Lipinski definition) is 2. The van der Waals surface area contributed by atoms with E-state index in [0.717, 1.165) is 0 Å². The quantitative estimate of drug-likeness (QED) is 0.587. The van der Waals surface area contributed by atoms with Gasteiger partial charge in [0.05, 0.1) is 17.0 Å². The number of hydrogen-bond acceptors (Lipinski definition) is 5. The molecule has 0 heterocycles. The summed E-state index contributed by atoms with van der Waals surface area (Å²) in [5.41, 5.74) is 0.440. The van der Waals surface area contributed by atoms with Crippen molar-refractivity contribution in [1.82, 2.24) is 4.72 Å². The molecule has 1 atom stereocenters. The third-order valence-corrected chi connectivity index (χ3v) is 6.45. The number of anilines is 1. The Balaban J connectivity index is 2.18. The van der Waals surface area contributed by atoms with E-state index in [9.17, 15) is 13.2 Å². The molecule has 10 heteroatoms. The van der Waals surface area contributed by atoms with Gasteiger partial charge in [-0.3, -0.25) is 4.79 Å². The Labute approximate surface area is 179 Å². The van der Waals surface area contributed by atoms with E-state index in [-0.39, 0.29) is 4.90 Å². The lowest BCUT2D eigenvalue weighted by atomic mass is 10.2. The fourth-order valence-electron chi connectivity index (χ4n) is 2.32. The zero-order chi connectivity index (χ0) is 20.7. The zero-order valence-electron chi connectivity index (χ0n) is 15.2. The summed E-state index contributed by atoms with van der Waals surface area (Å²) in [6.45, 7) is 0. The summed E-state index contributed by atoms with van der Waals surface area (Å²) in [5.74, 6) is 0.597. The van der Waals surface area contributed by atoms with Crippen molar-refractivity contribution >= 4 is 56.6 Å². The standard InChI is InChI=1S/C18H20Cl2N2O4S2/c1-26-17-8-5-13(11-15(17)20)21-18(23)16(9-10-27-2)22-28(24,25)14-6-3-12(19)4-7-14/h3-8,11,16,22H,9-10H2,1-2H3,(H,21,23). The molecular formula is C18H20Cl2N2O4S2. The number of halogens is 2. The van der Waals surface area contributed by atoms with Crippen molar-refractivity contribution in [3.05, 3.63) is 52.5 Å². The van der Waals surface area contributed by atoms with E-state index >= 15 is 0 Å². The van der Waals surface area contributed by atoms with Crippen molar-refractivity contribution in [3.8, 4) is 5.75 Å². The molecular weight excluding hydrogens is 443 g/mol. The van der Waals surface area contributed by atoms with Gasteiger partial charge in [-0.2, -0.15) is 16.5 Å². The highest BCUT2D eigenvalue weighted by Gasteiger charge is 2.25. The van der Waals surface area contributed by atoms with Gasteiger partial charge >= 0.3 is 0 Å². The van der Waals surface area contributed by atoms with Gasteiger partial charge in [0.2, 0.25) is 15.9 Å². The molecule has 1 unspecified atom stereocenters. The highest BCUT2D eigenvalue weighted by Crippen LogP contribution is 2.27. The van der Waals surface area contributed by atoms with E-state index < -0.39 is 22.0 Å². The first kappa shape index (κ1) is 22.8. The lowest BCUT2D eigenvalue weighted by Gasteiger charge is -2.18. The molecule has 28 heavy (non-hydrogen) atoms. The van der Waals surface area contributed by atoms with Gasteiger partial charge in [-0.15, -0.1) is 0 Å². The van der Waals surface area contributed by atoms with Crippen LogP contribution >= 0.6 is 35.0 Å². The normalized spacial score (nSPS) is 12.4. The molecule has 0 spiro atoms. The summed E-state index contributed by atoms with van der Waals surface area (Å²) in [6.07, 6.45) is 2.20. The molecule has 152 valence electrons. The minimum atomic E-state index is -3.89. The molecule has 0 fully saturated rings. The Kier molecular flexibility index (Phi) is 8.45. The van der Waals surface area contributed by atoms with Crippen LogP contribution in [0.25, 0.3) is 0 Å². The first-order valence-electron chi connectivity index (χ1n) is 8.18. The Morgan fingerprint density at radius 3 is 2.43 bits per heavy atom. The molecule has 0 radical (unpaired) electrons. The molecule has 0 aromatic heterocycles. The minimum Gasteiger partial charge on any atom is -0.495 e. The largest absolute Gasteiger partial charge is 0.495 e. The Morgan fingerprint density at radius 2 is 1.86 bits per heavy atom. The van der Waals surface area contributed by atoms with E-state index in [4.69, 9.17) is 27.9 Å². The molecule has 2 N–H and O–H groups in total. The molecule has 1 amide bonds. The van der Waals surface area contributed by atoms with E-state index in [1.54, 1.807) is 12.1 Å². The van der Waals surface area contributed by atoms with Gasteiger partial charge in [0.25, 0.3) is 0 Å². The molecule has 0 aliphatic rings. The number of benzene rings is 2. The van der Waals surface area contributed by atoms with Gasteiger partial charge in [-0.1, -0.05) is 23.2 Å². The second-order valence-electron chi connectivity index (χ2n) is 5.75. The maximum absolute atomic E-state index is 12.7. The lowest BCUT2D eigenvalue weighted by molar-refractivity contribution is -0.117. The van der Waals surface area contributed by atoms with Gasteiger partial charge < -0.3 is 10.1 Å². The van der Waals surface area contributed by atoms with Crippen LogP contribution in [0.5, 0.6) is 5.75 Å². The molecule has 0 aliphatic carbocycles. The number of ether oxygens (including phenoxy) is 1. The fourth-order valence-corrected chi connectivity index (χ4v) is 4.41. The van der Waals surface area contributed by atoms with Crippen molar-refractivity contribution in [1.29, 1.82) is 0 Å².